The summed E-state index contributed by atoms with van der Waals surface area (Å²) in [6.45, 7) is 5.55. The van der Waals surface area contributed by atoms with Crippen molar-refractivity contribution in [1.29, 1.82) is 0 Å². The lowest BCUT2D eigenvalue weighted by Crippen LogP contribution is -2.32. The first kappa shape index (κ1) is 30.2. The molecule has 1 atom stereocenters. The van der Waals surface area contributed by atoms with E-state index in [0.29, 0.717) is 12.3 Å². The van der Waals surface area contributed by atoms with Crippen LogP contribution in [0.1, 0.15) is 84.4 Å². The van der Waals surface area contributed by atoms with Crippen molar-refractivity contribution >= 4 is 11.6 Å². The fraction of sp³-hybridized carbons (Fsp3) is 0.567. The molecule has 0 radical (unpaired) electrons. The highest BCUT2D eigenvalue weighted by Gasteiger charge is 2.38. The molecule has 12 heteroatoms. The first-order chi connectivity index (χ1) is 19.8. The molecule has 5 rings (SSSR count). The van der Waals surface area contributed by atoms with Crippen LogP contribution >= 0.6 is 0 Å². The van der Waals surface area contributed by atoms with E-state index in [1.807, 2.05) is 6.92 Å². The molecule has 42 heavy (non-hydrogen) atoms. The zero-order valence-corrected chi connectivity index (χ0v) is 24.1. The van der Waals surface area contributed by atoms with Crippen LogP contribution in [-0.4, -0.2) is 33.3 Å². The van der Waals surface area contributed by atoms with Crippen LogP contribution in [-0.2, 0) is 25.9 Å². The van der Waals surface area contributed by atoms with Gasteiger partial charge in [0.25, 0.3) is 5.95 Å². The molecule has 3 aromatic rings. The molecule has 2 aliphatic rings. The van der Waals surface area contributed by atoms with Gasteiger partial charge in [-0.25, -0.2) is 0 Å². The Hall–Kier alpha value is -3.31. The maximum atomic E-state index is 13.7. The van der Waals surface area contributed by atoms with Crippen LogP contribution in [0.25, 0.3) is 0 Å². The van der Waals surface area contributed by atoms with E-state index in [0.717, 1.165) is 54.0 Å². The minimum absolute atomic E-state index is 0.126. The number of hydrogen-bond donors (Lipinski definition) is 0. The predicted molar refractivity (Wildman–Crippen MR) is 148 cm³/mol. The van der Waals surface area contributed by atoms with Gasteiger partial charge in [0.2, 0.25) is 0 Å². The van der Waals surface area contributed by atoms with Crippen molar-refractivity contribution in [2.24, 2.45) is 13.0 Å². The van der Waals surface area contributed by atoms with Crippen molar-refractivity contribution in [3.05, 3.63) is 63.7 Å². The lowest BCUT2D eigenvalue weighted by Gasteiger charge is -2.35. The Morgan fingerprint density at radius 1 is 0.857 bits per heavy atom. The summed E-state index contributed by atoms with van der Waals surface area (Å²) in [5, 5.41) is 12.4. The number of nitrogens with zero attached hydrogens (tertiary/aromatic N) is 6. The number of aryl methyl sites for hydroxylation is 3. The molecule has 1 fully saturated rings. The van der Waals surface area contributed by atoms with E-state index >= 15 is 0 Å². The average molecular weight is 595 g/mol. The third-order valence-electron chi connectivity index (χ3n) is 8.39. The van der Waals surface area contributed by atoms with Gasteiger partial charge in [0.05, 0.1) is 24.2 Å². The van der Waals surface area contributed by atoms with E-state index in [4.69, 9.17) is 0 Å². The highest BCUT2D eigenvalue weighted by Crippen LogP contribution is 2.43. The molecule has 1 aliphatic carbocycles. The van der Waals surface area contributed by atoms with E-state index in [1.54, 1.807) is 11.9 Å². The normalized spacial score (nSPS) is 18.6. The number of fused-ring (bicyclic) bond motifs is 1. The van der Waals surface area contributed by atoms with Gasteiger partial charge in [-0.05, 0) is 85.6 Å². The quantitative estimate of drug-likeness (QED) is 0.273. The van der Waals surface area contributed by atoms with Gasteiger partial charge in [-0.1, -0.05) is 42.1 Å². The summed E-state index contributed by atoms with van der Waals surface area (Å²) >= 11 is 0. The molecular formula is C30H36F6N6. The minimum atomic E-state index is -4.94. The van der Waals surface area contributed by atoms with E-state index in [1.165, 1.54) is 36.9 Å². The van der Waals surface area contributed by atoms with Gasteiger partial charge in [0, 0.05) is 25.3 Å². The fourth-order valence-corrected chi connectivity index (χ4v) is 6.63. The summed E-state index contributed by atoms with van der Waals surface area (Å²) in [5.41, 5.74) is 1.38. The highest BCUT2D eigenvalue weighted by atomic mass is 19.4. The van der Waals surface area contributed by atoms with Crippen LogP contribution in [0, 0.1) is 19.8 Å². The Labute approximate surface area is 241 Å². The van der Waals surface area contributed by atoms with Crippen molar-refractivity contribution in [2.45, 2.75) is 83.7 Å². The summed E-state index contributed by atoms with van der Waals surface area (Å²) in [5.74, 6) is 0.742. The second-order valence-corrected chi connectivity index (χ2v) is 11.7. The largest absolute Gasteiger partial charge is 0.416 e. The van der Waals surface area contributed by atoms with Gasteiger partial charge in [0.1, 0.15) is 0 Å². The monoisotopic (exact) mass is 594 g/mol. The van der Waals surface area contributed by atoms with E-state index in [-0.39, 0.29) is 30.2 Å². The molecular weight excluding hydrogens is 558 g/mol. The topological polar surface area (TPSA) is 50.1 Å². The second-order valence-electron chi connectivity index (χ2n) is 11.7. The lowest BCUT2D eigenvalue weighted by molar-refractivity contribution is -0.143. The number of aromatic nitrogens is 4. The van der Waals surface area contributed by atoms with Crippen LogP contribution in [0.4, 0.5) is 38.0 Å². The van der Waals surface area contributed by atoms with Gasteiger partial charge in [-0.15, -0.1) is 5.10 Å². The number of tetrazole rings is 1. The van der Waals surface area contributed by atoms with Crippen LogP contribution < -0.4 is 9.80 Å². The van der Waals surface area contributed by atoms with Gasteiger partial charge in [-0.3, -0.25) is 0 Å². The Bertz CT molecular complexity index is 1360. The van der Waals surface area contributed by atoms with Crippen LogP contribution in [0.15, 0.2) is 30.3 Å². The summed E-state index contributed by atoms with van der Waals surface area (Å²) in [6.07, 6.45) is -2.37. The van der Waals surface area contributed by atoms with Crippen molar-refractivity contribution in [3.8, 4) is 0 Å². The summed E-state index contributed by atoms with van der Waals surface area (Å²) in [4.78, 5) is 5.39. The van der Waals surface area contributed by atoms with E-state index < -0.39 is 23.5 Å². The highest BCUT2D eigenvalue weighted by molar-refractivity contribution is 5.64. The Kier molecular flexibility index (Phi) is 8.44. The molecule has 2 heterocycles. The first-order valence-electron chi connectivity index (χ1n) is 14.4. The Morgan fingerprint density at radius 3 is 2.12 bits per heavy atom. The van der Waals surface area contributed by atoms with Crippen LogP contribution in [0.2, 0.25) is 0 Å². The summed E-state index contributed by atoms with van der Waals surface area (Å²) in [7, 11) is 1.57. The zero-order chi connectivity index (χ0) is 30.2. The number of anilines is 2. The van der Waals surface area contributed by atoms with Gasteiger partial charge in [0.15, 0.2) is 0 Å². The summed E-state index contributed by atoms with van der Waals surface area (Å²) in [6, 6.07) is 5.56. The van der Waals surface area contributed by atoms with E-state index in [9.17, 15) is 26.3 Å². The molecule has 6 nitrogen and oxygen atoms in total. The van der Waals surface area contributed by atoms with Gasteiger partial charge >= 0.3 is 12.4 Å². The molecule has 1 saturated carbocycles. The molecule has 0 spiro atoms. The first-order valence-corrected chi connectivity index (χ1v) is 14.4. The lowest BCUT2D eigenvalue weighted by atomic mass is 9.88. The molecule has 0 unspecified atom stereocenters. The number of hydrogen-bond acceptors (Lipinski definition) is 5. The van der Waals surface area contributed by atoms with E-state index in [2.05, 4.69) is 39.4 Å². The smallest absolute Gasteiger partial charge is 0.371 e. The molecule has 2 aromatic carbocycles. The maximum absolute atomic E-state index is 13.7. The summed E-state index contributed by atoms with van der Waals surface area (Å²) < 4.78 is 82.2. The number of alkyl halides is 6. The molecule has 0 N–H and O–H groups in total. The van der Waals surface area contributed by atoms with Crippen LogP contribution in [0.5, 0.6) is 0 Å². The zero-order valence-electron chi connectivity index (χ0n) is 24.1. The van der Waals surface area contributed by atoms with Crippen LogP contribution in [0.3, 0.4) is 0 Å². The number of halogens is 6. The Morgan fingerprint density at radius 2 is 1.52 bits per heavy atom. The Balaban J connectivity index is 1.60. The van der Waals surface area contributed by atoms with Crippen molar-refractivity contribution < 1.29 is 26.3 Å². The molecule has 1 aromatic heterocycles. The molecule has 0 amide bonds. The average Bonchev–Trinajstić information content (AvgIpc) is 3.26. The predicted octanol–water partition coefficient (Wildman–Crippen LogP) is 7.79. The van der Waals surface area contributed by atoms with Crippen molar-refractivity contribution in [3.63, 3.8) is 0 Å². The minimum Gasteiger partial charge on any atom is -0.371 e. The fourth-order valence-electron chi connectivity index (χ4n) is 6.63. The molecule has 0 bridgehead atoms. The second kappa shape index (κ2) is 11.8. The maximum Gasteiger partial charge on any atom is 0.416 e. The third-order valence-corrected chi connectivity index (χ3v) is 8.39. The van der Waals surface area contributed by atoms with Crippen molar-refractivity contribution in [1.82, 2.24) is 20.2 Å². The van der Waals surface area contributed by atoms with Gasteiger partial charge < -0.3 is 9.80 Å². The molecule has 1 aliphatic heterocycles. The standard InChI is InChI=1S/C30H36F6N6/c1-19-12-20(2)27-25(13-19)26(10-7-11-41(27)17-21-8-5-4-6-9-21)42(28-37-39-40(3)38-28)18-22-14-23(29(31,32)33)16-24(15-22)30(34,35)36/h12-16,21,26H,4-11,17-18H2,1-3H3/t26-/m0/s1. The van der Waals surface area contributed by atoms with Gasteiger partial charge in [-0.2, -0.15) is 31.1 Å². The van der Waals surface area contributed by atoms with Crippen molar-refractivity contribution in [2.75, 3.05) is 22.9 Å². The third kappa shape index (κ3) is 6.67. The molecule has 228 valence electrons. The molecule has 0 saturated heterocycles. The number of rotatable bonds is 6. The number of benzene rings is 2. The SMILES string of the molecule is Cc1cc(C)c2c(c1)[C@@H](N(Cc1cc(C(F)(F)F)cc(C(F)(F)F)c1)c1nnn(C)n1)CCCN2CC1CCCCC1.